The van der Waals surface area contributed by atoms with Crippen LogP contribution in [0.15, 0.2) is 12.1 Å². The standard InChI is InChI=1S/C13H12F3N5O2S2/c1-3-25(22,23)19-9-5-10(8(14)4-7(9)6-17)21-13(24)20(2)12(18-21)11(15)16/h4-5,11,19H,3H2,1-2H3. The van der Waals surface area contributed by atoms with Crippen molar-refractivity contribution in [2.75, 3.05) is 10.5 Å². The van der Waals surface area contributed by atoms with Crippen molar-refractivity contribution in [2.24, 2.45) is 7.05 Å². The SMILES string of the molecule is CCS(=O)(=O)Nc1cc(-n2nc(C(F)F)n(C)c2=S)c(F)cc1C#N. The zero-order valence-corrected chi connectivity index (χ0v) is 14.6. The van der Waals surface area contributed by atoms with Crippen LogP contribution in [0.3, 0.4) is 0 Å². The van der Waals surface area contributed by atoms with E-state index >= 15 is 0 Å². The smallest absolute Gasteiger partial charge is 0.297 e. The number of nitrogens with one attached hydrogen (secondary N) is 1. The fraction of sp³-hybridized carbons (Fsp3) is 0.308. The molecule has 0 atom stereocenters. The molecule has 2 aromatic rings. The lowest BCUT2D eigenvalue weighted by Crippen LogP contribution is -2.16. The minimum absolute atomic E-state index is 0.202. The van der Waals surface area contributed by atoms with Gasteiger partial charge in [0.15, 0.2) is 5.82 Å². The van der Waals surface area contributed by atoms with E-state index in [0.29, 0.717) is 0 Å². The van der Waals surface area contributed by atoms with Gasteiger partial charge in [-0.3, -0.25) is 4.72 Å². The average Bonchev–Trinajstić information content (AvgIpc) is 2.84. The lowest BCUT2D eigenvalue weighted by molar-refractivity contribution is 0.136. The van der Waals surface area contributed by atoms with Crippen molar-refractivity contribution in [3.63, 3.8) is 0 Å². The number of anilines is 1. The van der Waals surface area contributed by atoms with Crippen molar-refractivity contribution in [1.29, 1.82) is 5.26 Å². The topological polar surface area (TPSA) is 92.7 Å². The van der Waals surface area contributed by atoms with Crippen molar-refractivity contribution >= 4 is 27.9 Å². The highest BCUT2D eigenvalue weighted by Crippen LogP contribution is 2.26. The van der Waals surface area contributed by atoms with Crippen LogP contribution in [0.4, 0.5) is 18.9 Å². The lowest BCUT2D eigenvalue weighted by atomic mass is 10.1. The second kappa shape index (κ2) is 6.85. The molecular weight excluding hydrogens is 379 g/mol. The Morgan fingerprint density at radius 1 is 1.44 bits per heavy atom. The van der Waals surface area contributed by atoms with Gasteiger partial charge in [-0.2, -0.15) is 5.26 Å². The third kappa shape index (κ3) is 3.67. The zero-order valence-electron chi connectivity index (χ0n) is 13.0. The molecule has 25 heavy (non-hydrogen) atoms. The molecule has 0 fully saturated rings. The van der Waals surface area contributed by atoms with Gasteiger partial charge >= 0.3 is 0 Å². The van der Waals surface area contributed by atoms with E-state index in [1.807, 2.05) is 0 Å². The van der Waals surface area contributed by atoms with Crippen LogP contribution < -0.4 is 4.72 Å². The van der Waals surface area contributed by atoms with E-state index in [1.54, 1.807) is 6.07 Å². The number of nitriles is 1. The first-order valence-electron chi connectivity index (χ1n) is 6.80. The largest absolute Gasteiger partial charge is 0.302 e. The van der Waals surface area contributed by atoms with Gasteiger partial charge in [0.25, 0.3) is 6.43 Å². The number of halogens is 3. The van der Waals surface area contributed by atoms with Crippen molar-refractivity contribution in [3.05, 3.63) is 34.1 Å². The maximum Gasteiger partial charge on any atom is 0.297 e. The number of nitrogens with zero attached hydrogens (tertiary/aromatic N) is 4. The Labute approximate surface area is 146 Å². The second-order valence-electron chi connectivity index (χ2n) is 4.88. The second-order valence-corrected chi connectivity index (χ2v) is 7.25. The first kappa shape index (κ1) is 18.9. The fourth-order valence-corrected chi connectivity index (χ4v) is 2.82. The van der Waals surface area contributed by atoms with Crippen molar-refractivity contribution in [3.8, 4) is 11.8 Å². The number of hydrogen-bond donors (Lipinski definition) is 1. The summed E-state index contributed by atoms with van der Waals surface area (Å²) >= 11 is 4.97. The number of alkyl halides is 2. The van der Waals surface area contributed by atoms with Crippen LogP contribution in [0.5, 0.6) is 0 Å². The molecule has 1 aromatic carbocycles. The summed E-state index contributed by atoms with van der Waals surface area (Å²) < 4.78 is 67.2. The Hall–Kier alpha value is -2.39. The highest BCUT2D eigenvalue weighted by atomic mass is 32.2. The summed E-state index contributed by atoms with van der Waals surface area (Å²) in [4.78, 5) is 0. The predicted molar refractivity (Wildman–Crippen MR) is 86.1 cm³/mol. The molecule has 1 N–H and O–H groups in total. The van der Waals surface area contributed by atoms with Gasteiger partial charge in [0.05, 0.1) is 17.0 Å². The minimum Gasteiger partial charge on any atom is -0.302 e. The molecule has 0 spiro atoms. The Morgan fingerprint density at radius 3 is 2.56 bits per heavy atom. The third-order valence-electron chi connectivity index (χ3n) is 3.29. The predicted octanol–water partition coefficient (Wildman–Crippen LogP) is 2.65. The quantitative estimate of drug-likeness (QED) is 0.791. The molecule has 1 aromatic heterocycles. The maximum atomic E-state index is 14.3. The molecule has 12 heteroatoms. The third-order valence-corrected chi connectivity index (χ3v) is 5.03. The van der Waals surface area contributed by atoms with E-state index in [2.05, 4.69) is 9.82 Å². The first-order valence-corrected chi connectivity index (χ1v) is 8.86. The normalized spacial score (nSPS) is 11.6. The van der Waals surface area contributed by atoms with Gasteiger partial charge in [0.1, 0.15) is 17.6 Å². The van der Waals surface area contributed by atoms with E-state index in [0.717, 1.165) is 21.4 Å². The Kier molecular flexibility index (Phi) is 5.19. The van der Waals surface area contributed by atoms with Crippen LogP contribution in [0, 0.1) is 21.9 Å². The Bertz CT molecular complexity index is 1020. The molecular formula is C13H12F3N5O2S2. The highest BCUT2D eigenvalue weighted by Gasteiger charge is 2.21. The van der Waals surface area contributed by atoms with E-state index < -0.39 is 28.1 Å². The highest BCUT2D eigenvalue weighted by molar-refractivity contribution is 7.92. The van der Waals surface area contributed by atoms with Crippen LogP contribution in [0.25, 0.3) is 5.69 Å². The molecule has 2 rings (SSSR count). The summed E-state index contributed by atoms with van der Waals surface area (Å²) in [5.74, 6) is -1.92. The van der Waals surface area contributed by atoms with Crippen LogP contribution in [0.2, 0.25) is 0 Å². The summed E-state index contributed by atoms with van der Waals surface area (Å²) in [6.45, 7) is 1.38. The van der Waals surface area contributed by atoms with Crippen LogP contribution >= 0.6 is 12.2 Å². The number of hydrogen-bond acceptors (Lipinski definition) is 5. The molecule has 0 aliphatic heterocycles. The molecule has 0 unspecified atom stereocenters. The van der Waals surface area contributed by atoms with E-state index in [4.69, 9.17) is 17.5 Å². The van der Waals surface area contributed by atoms with Gasteiger partial charge in [0.2, 0.25) is 14.8 Å². The monoisotopic (exact) mass is 391 g/mol. The fourth-order valence-electron chi connectivity index (χ4n) is 1.94. The zero-order chi connectivity index (χ0) is 18.9. The lowest BCUT2D eigenvalue weighted by Gasteiger charge is -2.11. The summed E-state index contributed by atoms with van der Waals surface area (Å²) in [5.41, 5.74) is -0.831. The molecule has 0 amide bonds. The van der Waals surface area contributed by atoms with E-state index in [9.17, 15) is 21.6 Å². The molecule has 0 saturated carbocycles. The maximum absolute atomic E-state index is 14.3. The van der Waals surface area contributed by atoms with Crippen LogP contribution in [0.1, 0.15) is 24.7 Å². The molecule has 1 heterocycles. The van der Waals surface area contributed by atoms with Gasteiger partial charge in [-0.25, -0.2) is 26.3 Å². The first-order chi connectivity index (χ1) is 11.6. The summed E-state index contributed by atoms with van der Waals surface area (Å²) in [5, 5.41) is 12.6. The Balaban J connectivity index is 2.70. The minimum atomic E-state index is -3.75. The van der Waals surface area contributed by atoms with Gasteiger partial charge < -0.3 is 4.57 Å². The molecule has 0 bridgehead atoms. The van der Waals surface area contributed by atoms with E-state index in [1.165, 1.54) is 14.0 Å². The summed E-state index contributed by atoms with van der Waals surface area (Å²) in [6.07, 6.45) is -2.94. The van der Waals surface area contributed by atoms with Gasteiger partial charge in [-0.1, -0.05) is 0 Å². The van der Waals surface area contributed by atoms with Crippen molar-refractivity contribution in [2.45, 2.75) is 13.3 Å². The van der Waals surface area contributed by atoms with Gasteiger partial charge in [-0.15, -0.1) is 5.10 Å². The number of rotatable bonds is 5. The number of sulfonamides is 1. The Morgan fingerprint density at radius 2 is 2.08 bits per heavy atom. The molecule has 0 aliphatic rings. The van der Waals surface area contributed by atoms with Crippen molar-refractivity contribution in [1.82, 2.24) is 14.3 Å². The van der Waals surface area contributed by atoms with Crippen LogP contribution in [-0.4, -0.2) is 28.5 Å². The summed E-state index contributed by atoms with van der Waals surface area (Å²) in [7, 11) is -2.50. The van der Waals surface area contributed by atoms with Crippen molar-refractivity contribution < 1.29 is 21.6 Å². The van der Waals surface area contributed by atoms with Crippen LogP contribution in [-0.2, 0) is 17.1 Å². The van der Waals surface area contributed by atoms with Gasteiger partial charge in [0, 0.05) is 7.05 Å². The average molecular weight is 391 g/mol. The molecule has 134 valence electrons. The number of benzene rings is 1. The molecule has 0 radical (unpaired) electrons. The van der Waals surface area contributed by atoms with E-state index in [-0.39, 0.29) is 27.5 Å². The molecule has 0 aliphatic carbocycles. The number of aromatic nitrogens is 3. The molecule has 7 nitrogen and oxygen atoms in total. The molecule has 0 saturated heterocycles. The summed E-state index contributed by atoms with van der Waals surface area (Å²) in [6, 6.07) is 3.43. The van der Waals surface area contributed by atoms with Gasteiger partial charge in [-0.05, 0) is 31.3 Å².